The smallest absolute Gasteiger partial charge is 0.406 e. The SMILES string of the molecule is O=S(=O)(NCc1cccnc1N1CCOCC1)c1cccc(OC(F)(F)F)c1. The predicted molar refractivity (Wildman–Crippen MR) is 94.4 cm³/mol. The molecular weight excluding hydrogens is 399 g/mol. The first kappa shape index (κ1) is 20.4. The van der Waals surface area contributed by atoms with Crippen LogP contribution in [-0.4, -0.2) is 46.1 Å². The van der Waals surface area contributed by atoms with Crippen molar-refractivity contribution < 1.29 is 31.1 Å². The Hall–Kier alpha value is -2.37. The highest BCUT2D eigenvalue weighted by molar-refractivity contribution is 7.89. The second-order valence-corrected chi connectivity index (χ2v) is 7.70. The Morgan fingerprint density at radius 1 is 1.18 bits per heavy atom. The van der Waals surface area contributed by atoms with Crippen LogP contribution in [0.25, 0.3) is 0 Å². The lowest BCUT2D eigenvalue weighted by molar-refractivity contribution is -0.274. The summed E-state index contributed by atoms with van der Waals surface area (Å²) in [6.07, 6.45) is -3.29. The first-order valence-electron chi connectivity index (χ1n) is 8.37. The minimum atomic E-state index is -4.90. The molecule has 1 aliphatic rings. The molecule has 11 heteroatoms. The Labute approximate surface area is 160 Å². The molecule has 1 aromatic carbocycles. The number of hydrogen-bond acceptors (Lipinski definition) is 6. The summed E-state index contributed by atoms with van der Waals surface area (Å²) in [6.45, 7) is 2.30. The lowest BCUT2D eigenvalue weighted by Gasteiger charge is -2.29. The van der Waals surface area contributed by atoms with Gasteiger partial charge in [-0.25, -0.2) is 18.1 Å². The maximum Gasteiger partial charge on any atom is 0.573 e. The number of sulfonamides is 1. The number of aromatic nitrogens is 1. The maximum absolute atomic E-state index is 12.5. The van der Waals surface area contributed by atoms with E-state index in [1.807, 2.05) is 4.90 Å². The minimum absolute atomic E-state index is 0.0623. The van der Waals surface area contributed by atoms with E-state index in [0.717, 1.165) is 12.1 Å². The highest BCUT2D eigenvalue weighted by atomic mass is 32.2. The van der Waals surface area contributed by atoms with Gasteiger partial charge in [0.25, 0.3) is 0 Å². The first-order valence-corrected chi connectivity index (χ1v) is 9.85. The number of nitrogens with zero attached hydrogens (tertiary/aromatic N) is 2. The third-order valence-corrected chi connectivity index (χ3v) is 5.38. The number of benzene rings is 1. The Morgan fingerprint density at radius 3 is 2.64 bits per heavy atom. The molecular formula is C17H18F3N3O4S. The van der Waals surface area contributed by atoms with Crippen molar-refractivity contribution in [3.05, 3.63) is 48.2 Å². The van der Waals surface area contributed by atoms with Crippen molar-refractivity contribution in [1.29, 1.82) is 0 Å². The third kappa shape index (κ3) is 5.33. The molecule has 0 unspecified atom stereocenters. The molecule has 7 nitrogen and oxygen atoms in total. The van der Waals surface area contributed by atoms with Crippen LogP contribution in [0.5, 0.6) is 5.75 Å². The summed E-state index contributed by atoms with van der Waals surface area (Å²) in [5, 5.41) is 0. The van der Waals surface area contributed by atoms with Gasteiger partial charge in [-0.05, 0) is 18.2 Å². The molecule has 0 atom stereocenters. The van der Waals surface area contributed by atoms with Gasteiger partial charge in [0.1, 0.15) is 11.6 Å². The molecule has 1 N–H and O–H groups in total. The molecule has 0 bridgehead atoms. The molecule has 0 radical (unpaired) electrons. The van der Waals surface area contributed by atoms with Gasteiger partial charge in [-0.3, -0.25) is 0 Å². The zero-order valence-electron chi connectivity index (χ0n) is 14.6. The van der Waals surface area contributed by atoms with E-state index in [0.29, 0.717) is 37.7 Å². The number of ether oxygens (including phenoxy) is 2. The van der Waals surface area contributed by atoms with Crippen molar-refractivity contribution in [3.8, 4) is 5.75 Å². The number of anilines is 1. The second-order valence-electron chi connectivity index (χ2n) is 5.93. The average molecular weight is 417 g/mol. The van der Waals surface area contributed by atoms with Crippen LogP contribution in [0.1, 0.15) is 5.56 Å². The molecule has 0 aliphatic carbocycles. The number of pyridine rings is 1. The molecule has 1 saturated heterocycles. The molecule has 3 rings (SSSR count). The van der Waals surface area contributed by atoms with Crippen LogP contribution in [0.4, 0.5) is 19.0 Å². The lowest BCUT2D eigenvalue weighted by Crippen LogP contribution is -2.37. The maximum atomic E-state index is 12.5. The van der Waals surface area contributed by atoms with Crippen molar-refractivity contribution in [2.24, 2.45) is 0 Å². The lowest BCUT2D eigenvalue weighted by atomic mass is 10.2. The summed E-state index contributed by atoms with van der Waals surface area (Å²) < 4.78 is 73.6. The van der Waals surface area contributed by atoms with E-state index in [9.17, 15) is 21.6 Å². The Balaban J connectivity index is 1.75. The Bertz CT molecular complexity index is 916. The van der Waals surface area contributed by atoms with Crippen molar-refractivity contribution >= 4 is 15.8 Å². The molecule has 0 amide bonds. The van der Waals surface area contributed by atoms with Crippen molar-refractivity contribution in [1.82, 2.24) is 9.71 Å². The fourth-order valence-corrected chi connectivity index (χ4v) is 3.76. The zero-order chi connectivity index (χ0) is 20.2. The normalized spacial score (nSPS) is 15.5. The summed E-state index contributed by atoms with van der Waals surface area (Å²) in [5.41, 5.74) is 0.649. The van der Waals surface area contributed by atoms with E-state index < -0.39 is 22.1 Å². The van der Waals surface area contributed by atoms with Crippen molar-refractivity contribution in [2.45, 2.75) is 17.8 Å². The van der Waals surface area contributed by atoms with Gasteiger partial charge in [-0.15, -0.1) is 13.2 Å². The van der Waals surface area contributed by atoms with E-state index in [2.05, 4.69) is 14.4 Å². The van der Waals surface area contributed by atoms with Gasteiger partial charge in [0, 0.05) is 37.5 Å². The number of morpholine rings is 1. The topological polar surface area (TPSA) is 80.8 Å². The predicted octanol–water partition coefficient (Wildman–Crippen LogP) is 2.30. The van der Waals surface area contributed by atoms with E-state index in [-0.39, 0.29) is 11.4 Å². The molecule has 1 aliphatic heterocycles. The highest BCUT2D eigenvalue weighted by Crippen LogP contribution is 2.25. The summed E-state index contributed by atoms with van der Waals surface area (Å²) >= 11 is 0. The minimum Gasteiger partial charge on any atom is -0.406 e. The fourth-order valence-electron chi connectivity index (χ4n) is 2.72. The number of hydrogen-bond donors (Lipinski definition) is 1. The van der Waals surface area contributed by atoms with Crippen LogP contribution in [0.3, 0.4) is 0 Å². The summed E-state index contributed by atoms with van der Waals surface area (Å²) in [6, 6.07) is 7.65. The van der Waals surface area contributed by atoms with Crippen molar-refractivity contribution in [2.75, 3.05) is 31.2 Å². The fraction of sp³-hybridized carbons (Fsp3) is 0.353. The summed E-state index contributed by atoms with van der Waals surface area (Å²) in [4.78, 5) is 5.98. The van der Waals surface area contributed by atoms with Gasteiger partial charge in [-0.2, -0.15) is 0 Å². The van der Waals surface area contributed by atoms with Gasteiger partial charge < -0.3 is 14.4 Å². The number of rotatable bonds is 6. The van der Waals surface area contributed by atoms with Crippen LogP contribution in [0, 0.1) is 0 Å². The van der Waals surface area contributed by atoms with E-state index in [1.54, 1.807) is 18.3 Å². The molecule has 1 aromatic heterocycles. The first-order chi connectivity index (χ1) is 13.2. The molecule has 0 saturated carbocycles. The van der Waals surface area contributed by atoms with Crippen molar-refractivity contribution in [3.63, 3.8) is 0 Å². The van der Waals surface area contributed by atoms with Crippen LogP contribution in [-0.2, 0) is 21.3 Å². The standard InChI is InChI=1S/C17H18F3N3O4S/c18-17(19,20)27-14-4-1-5-15(11-14)28(24,25)22-12-13-3-2-6-21-16(13)23-7-9-26-10-8-23/h1-6,11,22H,7-10,12H2. The van der Waals surface area contributed by atoms with E-state index >= 15 is 0 Å². The molecule has 28 heavy (non-hydrogen) atoms. The van der Waals surface area contributed by atoms with Gasteiger partial charge >= 0.3 is 6.36 Å². The number of halogens is 3. The average Bonchev–Trinajstić information content (AvgIpc) is 2.66. The van der Waals surface area contributed by atoms with E-state index in [4.69, 9.17) is 4.74 Å². The summed E-state index contributed by atoms with van der Waals surface area (Å²) in [5.74, 6) is 0.0356. The molecule has 152 valence electrons. The highest BCUT2D eigenvalue weighted by Gasteiger charge is 2.31. The molecule has 0 spiro atoms. The Kier molecular flexibility index (Phi) is 6.06. The van der Waals surface area contributed by atoms with Crippen LogP contribution < -0.4 is 14.4 Å². The third-order valence-electron chi connectivity index (χ3n) is 3.98. The van der Waals surface area contributed by atoms with Gasteiger partial charge in [-0.1, -0.05) is 12.1 Å². The van der Waals surface area contributed by atoms with Gasteiger partial charge in [0.05, 0.1) is 18.1 Å². The molecule has 1 fully saturated rings. The second kappa shape index (κ2) is 8.33. The number of nitrogens with one attached hydrogen (secondary N) is 1. The van der Waals surface area contributed by atoms with Gasteiger partial charge in [0.15, 0.2) is 0 Å². The largest absolute Gasteiger partial charge is 0.573 e. The van der Waals surface area contributed by atoms with E-state index in [1.165, 1.54) is 12.1 Å². The molecule has 2 aromatic rings. The quantitative estimate of drug-likeness (QED) is 0.777. The zero-order valence-corrected chi connectivity index (χ0v) is 15.5. The van der Waals surface area contributed by atoms with Gasteiger partial charge in [0.2, 0.25) is 10.0 Å². The monoisotopic (exact) mass is 417 g/mol. The number of alkyl halides is 3. The Morgan fingerprint density at radius 2 is 1.93 bits per heavy atom. The van der Waals surface area contributed by atoms with Crippen LogP contribution >= 0.6 is 0 Å². The van der Waals surface area contributed by atoms with Crippen LogP contribution in [0.15, 0.2) is 47.5 Å². The molecule has 2 heterocycles. The summed E-state index contributed by atoms with van der Waals surface area (Å²) in [7, 11) is -4.05. The van der Waals surface area contributed by atoms with Crippen LogP contribution in [0.2, 0.25) is 0 Å².